The molecule has 1 amide bonds. The Morgan fingerprint density at radius 3 is 2.58 bits per heavy atom. The Labute approximate surface area is 182 Å². The molecule has 0 aliphatic heterocycles. The summed E-state index contributed by atoms with van der Waals surface area (Å²) in [5, 5.41) is 4.06. The van der Waals surface area contributed by atoms with E-state index in [1.54, 1.807) is 31.3 Å². The summed E-state index contributed by atoms with van der Waals surface area (Å²) in [6, 6.07) is 13.3. The van der Waals surface area contributed by atoms with E-state index in [1.807, 2.05) is 57.2 Å². The number of nitrogens with zero attached hydrogens (tertiary/aromatic N) is 3. The number of carbonyl (C=O) groups excluding carboxylic acids is 1. The molecule has 7 nitrogen and oxygen atoms in total. The van der Waals surface area contributed by atoms with Crippen molar-refractivity contribution >= 4 is 12.0 Å². The van der Waals surface area contributed by atoms with Crippen LogP contribution in [0.3, 0.4) is 0 Å². The van der Waals surface area contributed by atoms with Crippen molar-refractivity contribution in [2.24, 2.45) is 0 Å². The topological polar surface area (TPSA) is 77.7 Å². The number of rotatable bonds is 8. The molecule has 1 heterocycles. The quantitative estimate of drug-likeness (QED) is 0.498. The zero-order valence-electron chi connectivity index (χ0n) is 18.5. The molecule has 0 saturated carbocycles. The molecule has 0 N–H and O–H groups in total. The maximum absolute atomic E-state index is 12.9. The van der Waals surface area contributed by atoms with Crippen molar-refractivity contribution in [3.8, 4) is 22.9 Å². The minimum atomic E-state index is -0.153. The lowest BCUT2D eigenvalue weighted by molar-refractivity contribution is -0.128. The summed E-state index contributed by atoms with van der Waals surface area (Å²) in [7, 11) is 3.16. The first-order valence-electron chi connectivity index (χ1n) is 10.0. The van der Waals surface area contributed by atoms with Gasteiger partial charge in [-0.15, -0.1) is 0 Å². The normalized spacial score (nSPS) is 11.2. The van der Waals surface area contributed by atoms with Crippen LogP contribution in [-0.2, 0) is 11.3 Å². The Bertz CT molecular complexity index is 1070. The lowest BCUT2D eigenvalue weighted by Gasteiger charge is -2.23. The van der Waals surface area contributed by atoms with E-state index in [9.17, 15) is 4.79 Å². The van der Waals surface area contributed by atoms with Crippen LogP contribution in [0.2, 0.25) is 0 Å². The molecule has 0 atom stereocenters. The number of hydrogen-bond donors (Lipinski definition) is 0. The second kappa shape index (κ2) is 9.93. The summed E-state index contributed by atoms with van der Waals surface area (Å²) in [6.45, 7) is 6.12. The Morgan fingerprint density at radius 1 is 1.13 bits per heavy atom. The Kier molecular flexibility index (Phi) is 7.07. The van der Waals surface area contributed by atoms with Gasteiger partial charge in [0.1, 0.15) is 6.54 Å². The maximum atomic E-state index is 12.9. The van der Waals surface area contributed by atoms with E-state index in [2.05, 4.69) is 10.1 Å². The van der Waals surface area contributed by atoms with Crippen molar-refractivity contribution in [3.05, 3.63) is 65.6 Å². The van der Waals surface area contributed by atoms with E-state index in [4.69, 9.17) is 14.0 Å². The van der Waals surface area contributed by atoms with Crippen molar-refractivity contribution in [1.29, 1.82) is 0 Å². The summed E-state index contributed by atoms with van der Waals surface area (Å²) in [5.41, 5.74) is 2.82. The number of ether oxygens (including phenoxy) is 2. The first-order valence-corrected chi connectivity index (χ1v) is 10.0. The first kappa shape index (κ1) is 22.1. The van der Waals surface area contributed by atoms with Gasteiger partial charge in [-0.2, -0.15) is 4.98 Å². The lowest BCUT2D eigenvalue weighted by atomic mass is 10.1. The number of carbonyl (C=O) groups is 1. The molecule has 2 aromatic carbocycles. The minimum Gasteiger partial charge on any atom is -0.493 e. The van der Waals surface area contributed by atoms with Crippen LogP contribution in [0.5, 0.6) is 11.5 Å². The highest BCUT2D eigenvalue weighted by Gasteiger charge is 2.19. The van der Waals surface area contributed by atoms with Crippen LogP contribution in [0.15, 0.2) is 53.1 Å². The third-order valence-electron chi connectivity index (χ3n) is 4.78. The molecule has 0 unspecified atom stereocenters. The monoisotopic (exact) mass is 421 g/mol. The highest BCUT2D eigenvalue weighted by Crippen LogP contribution is 2.28. The van der Waals surface area contributed by atoms with Gasteiger partial charge in [0.25, 0.3) is 0 Å². The minimum absolute atomic E-state index is 0.0446. The van der Waals surface area contributed by atoms with Crippen molar-refractivity contribution in [3.63, 3.8) is 0 Å². The highest BCUT2D eigenvalue weighted by molar-refractivity contribution is 5.92. The van der Waals surface area contributed by atoms with E-state index < -0.39 is 0 Å². The molecule has 31 heavy (non-hydrogen) atoms. The molecule has 0 radical (unpaired) electrons. The SMILES string of the molecule is COc1ccc(C=CC(=O)N(Cc2nc(-c3cccc(C)c3)no2)C(C)C)cc1OC. The van der Waals surface area contributed by atoms with Gasteiger partial charge in [-0.05, 0) is 50.6 Å². The van der Waals surface area contributed by atoms with Gasteiger partial charge in [0.15, 0.2) is 11.5 Å². The van der Waals surface area contributed by atoms with Gasteiger partial charge >= 0.3 is 0 Å². The predicted molar refractivity (Wildman–Crippen MR) is 119 cm³/mol. The first-order chi connectivity index (χ1) is 14.9. The molecular formula is C24H27N3O4. The summed E-state index contributed by atoms with van der Waals surface area (Å²) in [6.07, 6.45) is 3.27. The van der Waals surface area contributed by atoms with E-state index in [-0.39, 0.29) is 18.5 Å². The van der Waals surface area contributed by atoms with Gasteiger partial charge in [0.05, 0.1) is 14.2 Å². The number of hydrogen-bond acceptors (Lipinski definition) is 6. The van der Waals surface area contributed by atoms with Gasteiger partial charge in [-0.3, -0.25) is 4.79 Å². The molecule has 0 fully saturated rings. The van der Waals surface area contributed by atoms with Gasteiger partial charge < -0.3 is 18.9 Å². The third-order valence-corrected chi connectivity index (χ3v) is 4.78. The average Bonchev–Trinajstić information content (AvgIpc) is 3.24. The summed E-state index contributed by atoms with van der Waals surface area (Å²) < 4.78 is 16.0. The molecule has 0 bridgehead atoms. The molecule has 7 heteroatoms. The van der Waals surface area contributed by atoms with Crippen LogP contribution in [0, 0.1) is 6.92 Å². The highest BCUT2D eigenvalue weighted by atomic mass is 16.5. The van der Waals surface area contributed by atoms with Crippen LogP contribution in [0.1, 0.15) is 30.9 Å². The van der Waals surface area contributed by atoms with Gasteiger partial charge in [-0.1, -0.05) is 35.0 Å². The van der Waals surface area contributed by atoms with Crippen LogP contribution in [0.25, 0.3) is 17.5 Å². The number of aryl methyl sites for hydroxylation is 1. The molecule has 3 rings (SSSR count). The van der Waals surface area contributed by atoms with Gasteiger partial charge in [-0.25, -0.2) is 0 Å². The Balaban J connectivity index is 1.74. The zero-order valence-corrected chi connectivity index (χ0v) is 18.5. The standard InChI is InChI=1S/C24H27N3O4/c1-16(2)27(15-22-25-24(26-31-22)19-8-6-7-17(3)13-19)23(28)12-10-18-9-11-20(29-4)21(14-18)30-5/h6-14,16H,15H2,1-5H3. The van der Waals surface area contributed by atoms with Crippen LogP contribution < -0.4 is 9.47 Å². The number of benzene rings is 2. The average molecular weight is 421 g/mol. The molecule has 3 aromatic rings. The van der Waals surface area contributed by atoms with Crippen molar-refractivity contribution in [2.45, 2.75) is 33.4 Å². The number of aromatic nitrogens is 2. The van der Waals surface area contributed by atoms with Crippen molar-refractivity contribution in [2.75, 3.05) is 14.2 Å². The van der Waals surface area contributed by atoms with E-state index >= 15 is 0 Å². The fourth-order valence-electron chi connectivity index (χ4n) is 3.10. The van der Waals surface area contributed by atoms with E-state index in [0.717, 1.165) is 16.7 Å². The number of methoxy groups -OCH3 is 2. The van der Waals surface area contributed by atoms with Gasteiger partial charge in [0, 0.05) is 17.7 Å². The molecule has 0 saturated heterocycles. The largest absolute Gasteiger partial charge is 0.493 e. The Hall–Kier alpha value is -3.61. The second-order valence-corrected chi connectivity index (χ2v) is 7.39. The summed E-state index contributed by atoms with van der Waals surface area (Å²) in [5.74, 6) is 1.98. The second-order valence-electron chi connectivity index (χ2n) is 7.39. The Morgan fingerprint density at radius 2 is 1.90 bits per heavy atom. The lowest BCUT2D eigenvalue weighted by Crippen LogP contribution is -2.35. The van der Waals surface area contributed by atoms with Crippen LogP contribution in [-0.4, -0.2) is 41.2 Å². The van der Waals surface area contributed by atoms with E-state index in [1.165, 1.54) is 6.08 Å². The number of amides is 1. The predicted octanol–water partition coefficient (Wildman–Crippen LogP) is 4.51. The van der Waals surface area contributed by atoms with E-state index in [0.29, 0.717) is 23.2 Å². The van der Waals surface area contributed by atoms with Gasteiger partial charge in [0.2, 0.25) is 17.6 Å². The van der Waals surface area contributed by atoms with Crippen LogP contribution >= 0.6 is 0 Å². The molecule has 1 aromatic heterocycles. The fourth-order valence-corrected chi connectivity index (χ4v) is 3.10. The molecule has 0 spiro atoms. The maximum Gasteiger partial charge on any atom is 0.247 e. The summed E-state index contributed by atoms with van der Waals surface area (Å²) in [4.78, 5) is 19.0. The smallest absolute Gasteiger partial charge is 0.247 e. The fraction of sp³-hybridized carbons (Fsp3) is 0.292. The van der Waals surface area contributed by atoms with Crippen LogP contribution in [0.4, 0.5) is 0 Å². The molecule has 0 aliphatic rings. The summed E-state index contributed by atoms with van der Waals surface area (Å²) >= 11 is 0. The van der Waals surface area contributed by atoms with Crippen molar-refractivity contribution < 1.29 is 18.8 Å². The zero-order chi connectivity index (χ0) is 22.4. The molecular weight excluding hydrogens is 394 g/mol. The third kappa shape index (κ3) is 5.51. The molecule has 162 valence electrons. The molecule has 0 aliphatic carbocycles. The van der Waals surface area contributed by atoms with Crippen molar-refractivity contribution in [1.82, 2.24) is 15.0 Å².